The lowest BCUT2D eigenvalue weighted by atomic mass is 9.99. The number of hydrogen-bond acceptors (Lipinski definition) is 3. The van der Waals surface area contributed by atoms with Crippen molar-refractivity contribution >= 4 is 11.9 Å². The molecule has 0 spiro atoms. The third-order valence-corrected chi connectivity index (χ3v) is 3.87. The summed E-state index contributed by atoms with van der Waals surface area (Å²) in [4.78, 5) is 18.1. The molecule has 0 aromatic heterocycles. The average Bonchev–Trinajstić information content (AvgIpc) is 3.12. The lowest BCUT2D eigenvalue weighted by Gasteiger charge is -2.21. The van der Waals surface area contributed by atoms with E-state index in [1.165, 1.54) is 20.0 Å². The van der Waals surface area contributed by atoms with Gasteiger partial charge in [0.25, 0.3) is 0 Å². The van der Waals surface area contributed by atoms with E-state index in [4.69, 9.17) is 4.74 Å². The minimum atomic E-state index is -0.109. The summed E-state index contributed by atoms with van der Waals surface area (Å²) in [6.45, 7) is 4.67. The van der Waals surface area contributed by atoms with Crippen molar-refractivity contribution in [3.63, 3.8) is 0 Å². The number of aliphatic imine (C=N–C) groups is 1. The maximum absolute atomic E-state index is 11.6. The van der Waals surface area contributed by atoms with Crippen molar-refractivity contribution in [2.45, 2.75) is 19.8 Å². The van der Waals surface area contributed by atoms with Gasteiger partial charge in [0.15, 0.2) is 5.96 Å². The summed E-state index contributed by atoms with van der Waals surface area (Å²) in [6.07, 6.45) is 2.65. The van der Waals surface area contributed by atoms with Crippen LogP contribution in [-0.4, -0.2) is 50.6 Å². The third kappa shape index (κ3) is 2.94. The Morgan fingerprint density at radius 1 is 1.44 bits per heavy atom. The van der Waals surface area contributed by atoms with E-state index in [-0.39, 0.29) is 11.9 Å². The number of methoxy groups -OCH3 is 1. The van der Waals surface area contributed by atoms with Crippen molar-refractivity contribution in [3.8, 4) is 0 Å². The molecule has 0 amide bonds. The normalized spacial score (nSPS) is 28.4. The molecule has 18 heavy (non-hydrogen) atoms. The second-order valence-electron chi connectivity index (χ2n) is 5.38. The van der Waals surface area contributed by atoms with E-state index in [0.717, 1.165) is 25.0 Å². The quantitative estimate of drug-likeness (QED) is 0.457. The van der Waals surface area contributed by atoms with Crippen LogP contribution >= 0.6 is 0 Å². The second-order valence-corrected chi connectivity index (χ2v) is 5.38. The monoisotopic (exact) mass is 253 g/mol. The van der Waals surface area contributed by atoms with Crippen LogP contribution in [0.3, 0.4) is 0 Å². The van der Waals surface area contributed by atoms with Crippen molar-refractivity contribution in [1.29, 1.82) is 0 Å². The Hall–Kier alpha value is -1.26. The average molecular weight is 253 g/mol. The largest absolute Gasteiger partial charge is 0.469 e. The molecule has 1 heterocycles. The molecule has 1 aliphatic heterocycles. The molecule has 2 fully saturated rings. The molecule has 1 saturated carbocycles. The van der Waals surface area contributed by atoms with Crippen LogP contribution in [0.4, 0.5) is 0 Å². The van der Waals surface area contributed by atoms with Gasteiger partial charge in [0, 0.05) is 26.7 Å². The van der Waals surface area contributed by atoms with Crippen LogP contribution in [-0.2, 0) is 9.53 Å². The number of likely N-dealkylation sites (tertiary alicyclic amines) is 1. The number of hydrogen-bond donors (Lipinski definition) is 1. The van der Waals surface area contributed by atoms with E-state index in [1.807, 2.05) is 0 Å². The third-order valence-electron chi connectivity index (χ3n) is 3.87. The first-order valence-electron chi connectivity index (χ1n) is 6.69. The minimum absolute atomic E-state index is 0.0329. The Morgan fingerprint density at radius 3 is 2.72 bits per heavy atom. The summed E-state index contributed by atoms with van der Waals surface area (Å²) in [5.74, 6) is 1.91. The van der Waals surface area contributed by atoms with Gasteiger partial charge in [-0.25, -0.2) is 0 Å². The van der Waals surface area contributed by atoms with Gasteiger partial charge in [0.2, 0.25) is 0 Å². The smallest absolute Gasteiger partial charge is 0.310 e. The van der Waals surface area contributed by atoms with Gasteiger partial charge >= 0.3 is 5.97 Å². The number of esters is 1. The van der Waals surface area contributed by atoms with Crippen molar-refractivity contribution < 1.29 is 9.53 Å². The maximum Gasteiger partial charge on any atom is 0.310 e. The van der Waals surface area contributed by atoms with Crippen molar-refractivity contribution in [2.24, 2.45) is 22.7 Å². The van der Waals surface area contributed by atoms with Crippen molar-refractivity contribution in [2.75, 3.05) is 33.8 Å². The number of nitrogens with zero attached hydrogens (tertiary/aromatic N) is 2. The Labute approximate surface area is 109 Å². The van der Waals surface area contributed by atoms with E-state index in [1.54, 1.807) is 7.05 Å². The first kappa shape index (κ1) is 13.2. The first-order chi connectivity index (χ1) is 8.65. The molecule has 2 aliphatic rings. The molecule has 0 bridgehead atoms. The highest BCUT2D eigenvalue weighted by Gasteiger charge is 2.37. The minimum Gasteiger partial charge on any atom is -0.469 e. The van der Waals surface area contributed by atoms with Crippen LogP contribution < -0.4 is 5.32 Å². The highest BCUT2D eigenvalue weighted by Crippen LogP contribution is 2.28. The molecule has 0 radical (unpaired) electrons. The lowest BCUT2D eigenvalue weighted by Crippen LogP contribution is -2.41. The zero-order chi connectivity index (χ0) is 13.1. The fraction of sp³-hybridized carbons (Fsp3) is 0.846. The van der Waals surface area contributed by atoms with Gasteiger partial charge in [-0.15, -0.1) is 0 Å². The number of carbonyl (C=O) groups excluding carboxylic acids is 1. The second kappa shape index (κ2) is 5.59. The summed E-state index contributed by atoms with van der Waals surface area (Å²) in [5.41, 5.74) is 0. The lowest BCUT2D eigenvalue weighted by molar-refractivity contribution is -0.145. The molecular weight excluding hydrogens is 230 g/mol. The van der Waals surface area contributed by atoms with Gasteiger partial charge in [-0.3, -0.25) is 9.79 Å². The number of rotatable bonds is 3. The van der Waals surface area contributed by atoms with Crippen LogP contribution in [0.25, 0.3) is 0 Å². The van der Waals surface area contributed by atoms with Crippen molar-refractivity contribution in [1.82, 2.24) is 10.2 Å². The fourth-order valence-corrected chi connectivity index (χ4v) is 2.49. The van der Waals surface area contributed by atoms with Gasteiger partial charge in [-0.05, 0) is 24.7 Å². The summed E-state index contributed by atoms with van der Waals surface area (Å²) in [5, 5.41) is 3.40. The summed E-state index contributed by atoms with van der Waals surface area (Å²) in [6, 6.07) is 0. The number of guanidine groups is 1. The Morgan fingerprint density at radius 2 is 2.17 bits per heavy atom. The summed E-state index contributed by atoms with van der Waals surface area (Å²) < 4.78 is 4.85. The highest BCUT2D eigenvalue weighted by molar-refractivity contribution is 5.82. The maximum atomic E-state index is 11.6. The molecule has 2 atom stereocenters. The van der Waals surface area contributed by atoms with E-state index >= 15 is 0 Å². The Bertz CT molecular complexity index is 339. The van der Waals surface area contributed by atoms with Gasteiger partial charge in [-0.1, -0.05) is 6.92 Å². The Balaban J connectivity index is 1.90. The molecule has 2 unspecified atom stereocenters. The Kier molecular flexibility index (Phi) is 4.09. The predicted octanol–water partition coefficient (Wildman–Crippen LogP) is 0.713. The van der Waals surface area contributed by atoms with E-state index in [2.05, 4.69) is 22.1 Å². The number of carbonyl (C=O) groups is 1. The van der Waals surface area contributed by atoms with Gasteiger partial charge < -0.3 is 15.0 Å². The zero-order valence-electron chi connectivity index (χ0n) is 11.5. The SMILES string of the molecule is CN=C(NCC1CC1)N1CC(C)C(C(=O)OC)C1. The van der Waals surface area contributed by atoms with Crippen LogP contribution in [0, 0.1) is 17.8 Å². The molecule has 0 aromatic carbocycles. The van der Waals surface area contributed by atoms with Crippen LogP contribution in [0.1, 0.15) is 19.8 Å². The summed E-state index contributed by atoms with van der Waals surface area (Å²) in [7, 11) is 3.25. The molecular formula is C13H23N3O2. The number of nitrogens with one attached hydrogen (secondary N) is 1. The molecule has 1 saturated heterocycles. The molecule has 1 aliphatic carbocycles. The van der Waals surface area contributed by atoms with Gasteiger partial charge in [-0.2, -0.15) is 0 Å². The fourth-order valence-electron chi connectivity index (χ4n) is 2.49. The summed E-state index contributed by atoms with van der Waals surface area (Å²) >= 11 is 0. The number of ether oxygens (including phenoxy) is 1. The van der Waals surface area contributed by atoms with E-state index < -0.39 is 0 Å². The van der Waals surface area contributed by atoms with E-state index in [9.17, 15) is 4.79 Å². The molecule has 0 aromatic rings. The predicted molar refractivity (Wildman–Crippen MR) is 70.3 cm³/mol. The molecule has 5 nitrogen and oxygen atoms in total. The topological polar surface area (TPSA) is 53.9 Å². The van der Waals surface area contributed by atoms with Crippen molar-refractivity contribution in [3.05, 3.63) is 0 Å². The highest BCUT2D eigenvalue weighted by atomic mass is 16.5. The van der Waals surface area contributed by atoms with Gasteiger partial charge in [0.05, 0.1) is 13.0 Å². The van der Waals surface area contributed by atoms with Crippen LogP contribution in [0.2, 0.25) is 0 Å². The van der Waals surface area contributed by atoms with Crippen LogP contribution in [0.5, 0.6) is 0 Å². The van der Waals surface area contributed by atoms with Gasteiger partial charge in [0.1, 0.15) is 0 Å². The van der Waals surface area contributed by atoms with Crippen LogP contribution in [0.15, 0.2) is 4.99 Å². The zero-order valence-corrected chi connectivity index (χ0v) is 11.5. The molecule has 5 heteroatoms. The molecule has 2 rings (SSSR count). The molecule has 102 valence electrons. The first-order valence-corrected chi connectivity index (χ1v) is 6.69. The standard InChI is InChI=1S/C13H23N3O2/c1-9-7-16(8-11(9)12(17)18-3)13(14-2)15-6-10-4-5-10/h9-11H,4-8H2,1-3H3,(H,14,15). The molecule has 1 N–H and O–H groups in total. The van der Waals surface area contributed by atoms with E-state index in [0.29, 0.717) is 12.5 Å².